The second kappa shape index (κ2) is 7.20. The second-order valence-corrected chi connectivity index (χ2v) is 5.93. The molecule has 0 radical (unpaired) electrons. The highest BCUT2D eigenvalue weighted by Gasteiger charge is 2.13. The molecule has 1 aromatic heterocycles. The molecule has 0 atom stereocenters. The van der Waals surface area contributed by atoms with Crippen molar-refractivity contribution in [2.24, 2.45) is 5.92 Å². The van der Waals surface area contributed by atoms with Crippen LogP contribution >= 0.6 is 23.2 Å². The molecule has 3 nitrogen and oxygen atoms in total. The van der Waals surface area contributed by atoms with E-state index in [1.54, 1.807) is 13.1 Å². The molecule has 1 saturated carbocycles. The lowest BCUT2D eigenvalue weighted by atomic mass is 9.87. The molecule has 0 amide bonds. The van der Waals surface area contributed by atoms with Crippen molar-refractivity contribution >= 4 is 34.8 Å². The van der Waals surface area contributed by atoms with Gasteiger partial charge >= 0.3 is 0 Å². The Morgan fingerprint density at radius 1 is 1.16 bits per heavy atom. The van der Waals surface area contributed by atoms with Crippen molar-refractivity contribution in [2.75, 3.05) is 24.2 Å². The van der Waals surface area contributed by atoms with E-state index in [0.29, 0.717) is 21.7 Å². The summed E-state index contributed by atoms with van der Waals surface area (Å²) in [6.07, 6.45) is 8.09. The summed E-state index contributed by atoms with van der Waals surface area (Å²) >= 11 is 12.2. The van der Waals surface area contributed by atoms with Crippen LogP contribution in [0.1, 0.15) is 38.5 Å². The number of aromatic nitrogens is 1. The number of halogens is 2. The zero-order chi connectivity index (χ0) is 13.7. The maximum atomic E-state index is 6.14. The van der Waals surface area contributed by atoms with Crippen molar-refractivity contribution in [2.45, 2.75) is 38.5 Å². The van der Waals surface area contributed by atoms with Gasteiger partial charge in [0.1, 0.15) is 11.6 Å². The van der Waals surface area contributed by atoms with Crippen LogP contribution in [0.25, 0.3) is 0 Å². The van der Waals surface area contributed by atoms with Crippen LogP contribution in [0.15, 0.2) is 6.07 Å². The Kier molecular flexibility index (Phi) is 5.59. The molecular weight excluding hydrogens is 281 g/mol. The average molecular weight is 302 g/mol. The van der Waals surface area contributed by atoms with Crippen LogP contribution in [0.2, 0.25) is 10.0 Å². The van der Waals surface area contributed by atoms with Crippen LogP contribution in [-0.2, 0) is 0 Å². The van der Waals surface area contributed by atoms with E-state index in [-0.39, 0.29) is 0 Å². The highest BCUT2D eigenvalue weighted by Crippen LogP contribution is 2.30. The number of rotatable bonds is 5. The molecule has 106 valence electrons. The van der Waals surface area contributed by atoms with Crippen LogP contribution in [0.5, 0.6) is 0 Å². The molecule has 0 bridgehead atoms. The molecule has 19 heavy (non-hydrogen) atoms. The van der Waals surface area contributed by atoms with Gasteiger partial charge in [-0.05, 0) is 18.4 Å². The van der Waals surface area contributed by atoms with E-state index >= 15 is 0 Å². The molecule has 1 aliphatic rings. The van der Waals surface area contributed by atoms with Gasteiger partial charge in [-0.2, -0.15) is 0 Å². The van der Waals surface area contributed by atoms with Gasteiger partial charge in [0.25, 0.3) is 0 Å². The van der Waals surface area contributed by atoms with Gasteiger partial charge in [-0.3, -0.25) is 0 Å². The van der Waals surface area contributed by atoms with E-state index in [0.717, 1.165) is 12.5 Å². The Balaban J connectivity index is 1.88. The predicted molar refractivity (Wildman–Crippen MR) is 83.5 cm³/mol. The number of hydrogen-bond donors (Lipinski definition) is 2. The smallest absolute Gasteiger partial charge is 0.147 e. The summed E-state index contributed by atoms with van der Waals surface area (Å²) in [5.41, 5.74) is 0. The van der Waals surface area contributed by atoms with E-state index in [1.807, 2.05) is 0 Å². The Morgan fingerprint density at radius 2 is 1.84 bits per heavy atom. The fraction of sp³-hybridized carbons (Fsp3) is 0.643. The van der Waals surface area contributed by atoms with Gasteiger partial charge in [-0.15, -0.1) is 0 Å². The Bertz CT molecular complexity index is 417. The zero-order valence-electron chi connectivity index (χ0n) is 11.3. The van der Waals surface area contributed by atoms with E-state index in [4.69, 9.17) is 23.2 Å². The van der Waals surface area contributed by atoms with Crippen molar-refractivity contribution in [3.8, 4) is 0 Å². The minimum Gasteiger partial charge on any atom is -0.372 e. The van der Waals surface area contributed by atoms with Gasteiger partial charge in [0, 0.05) is 13.6 Å². The number of nitrogens with zero attached hydrogens (tertiary/aromatic N) is 1. The van der Waals surface area contributed by atoms with E-state index in [1.165, 1.54) is 38.5 Å². The monoisotopic (exact) mass is 301 g/mol. The third-order valence-electron chi connectivity index (χ3n) is 3.74. The summed E-state index contributed by atoms with van der Waals surface area (Å²) in [7, 11) is 1.80. The predicted octanol–water partition coefficient (Wildman–Crippen LogP) is 4.81. The third kappa shape index (κ3) is 4.15. The highest BCUT2D eigenvalue weighted by molar-refractivity contribution is 6.37. The van der Waals surface area contributed by atoms with Crippen molar-refractivity contribution in [3.05, 3.63) is 16.1 Å². The minimum absolute atomic E-state index is 0.547. The van der Waals surface area contributed by atoms with E-state index in [2.05, 4.69) is 15.6 Å². The molecule has 5 heteroatoms. The average Bonchev–Trinajstić information content (AvgIpc) is 2.42. The summed E-state index contributed by atoms with van der Waals surface area (Å²) in [6, 6.07) is 1.73. The standard InChI is InChI=1S/C14H21Cl2N3/c1-17-13-11(15)9-12(16)14(19-13)18-8-7-10-5-3-2-4-6-10/h9-10H,2-8H2,1H3,(H2,17,18,19). The van der Waals surface area contributed by atoms with Gasteiger partial charge < -0.3 is 10.6 Å². The van der Waals surface area contributed by atoms with Gasteiger partial charge in [-0.25, -0.2) is 4.98 Å². The molecule has 1 heterocycles. The molecule has 1 aliphatic carbocycles. The van der Waals surface area contributed by atoms with Gasteiger partial charge in [0.05, 0.1) is 10.0 Å². The lowest BCUT2D eigenvalue weighted by molar-refractivity contribution is 0.345. The number of hydrogen-bond acceptors (Lipinski definition) is 3. The largest absolute Gasteiger partial charge is 0.372 e. The van der Waals surface area contributed by atoms with Crippen LogP contribution in [0.3, 0.4) is 0 Å². The SMILES string of the molecule is CNc1nc(NCCC2CCCCC2)c(Cl)cc1Cl. The fourth-order valence-corrected chi connectivity index (χ4v) is 3.16. The van der Waals surface area contributed by atoms with Gasteiger partial charge in [0.2, 0.25) is 0 Å². The number of nitrogens with one attached hydrogen (secondary N) is 2. The van der Waals surface area contributed by atoms with E-state index in [9.17, 15) is 0 Å². The zero-order valence-corrected chi connectivity index (χ0v) is 12.8. The van der Waals surface area contributed by atoms with Gasteiger partial charge in [-0.1, -0.05) is 55.3 Å². The first-order valence-electron chi connectivity index (χ1n) is 6.98. The molecule has 0 spiro atoms. The molecule has 2 rings (SSSR count). The Morgan fingerprint density at radius 3 is 2.53 bits per heavy atom. The lowest BCUT2D eigenvalue weighted by Crippen LogP contribution is -2.13. The van der Waals surface area contributed by atoms with Crippen LogP contribution in [-0.4, -0.2) is 18.6 Å². The van der Waals surface area contributed by atoms with E-state index < -0.39 is 0 Å². The first-order chi connectivity index (χ1) is 9.20. The van der Waals surface area contributed by atoms with Crippen molar-refractivity contribution < 1.29 is 0 Å². The first-order valence-corrected chi connectivity index (χ1v) is 7.74. The topological polar surface area (TPSA) is 37.0 Å². The molecule has 1 fully saturated rings. The number of anilines is 2. The summed E-state index contributed by atoms with van der Waals surface area (Å²) in [5.74, 6) is 2.23. The lowest BCUT2D eigenvalue weighted by Gasteiger charge is -2.21. The molecular formula is C14H21Cl2N3. The van der Waals surface area contributed by atoms with Crippen molar-refractivity contribution in [1.82, 2.24) is 4.98 Å². The van der Waals surface area contributed by atoms with Crippen molar-refractivity contribution in [3.63, 3.8) is 0 Å². The maximum absolute atomic E-state index is 6.14. The molecule has 0 saturated heterocycles. The third-order valence-corrected chi connectivity index (χ3v) is 4.31. The van der Waals surface area contributed by atoms with Gasteiger partial charge in [0.15, 0.2) is 0 Å². The molecule has 0 aliphatic heterocycles. The van der Waals surface area contributed by atoms with Crippen LogP contribution < -0.4 is 10.6 Å². The molecule has 0 aromatic carbocycles. The summed E-state index contributed by atoms with van der Waals surface area (Å²) in [4.78, 5) is 4.39. The molecule has 1 aromatic rings. The van der Waals surface area contributed by atoms with Crippen molar-refractivity contribution in [1.29, 1.82) is 0 Å². The maximum Gasteiger partial charge on any atom is 0.147 e. The Hall–Kier alpha value is -0.670. The quantitative estimate of drug-likeness (QED) is 0.819. The normalized spacial score (nSPS) is 16.4. The van der Waals surface area contributed by atoms with Crippen LogP contribution in [0, 0.1) is 5.92 Å². The summed E-state index contributed by atoms with van der Waals surface area (Å²) in [5, 5.41) is 7.40. The summed E-state index contributed by atoms with van der Waals surface area (Å²) < 4.78 is 0. The number of pyridine rings is 1. The summed E-state index contributed by atoms with van der Waals surface area (Å²) in [6.45, 7) is 0.919. The first kappa shape index (κ1) is 14.7. The minimum atomic E-state index is 0.547. The van der Waals surface area contributed by atoms with Crippen LogP contribution in [0.4, 0.5) is 11.6 Å². The molecule has 2 N–H and O–H groups in total. The Labute approximate surface area is 125 Å². The fourth-order valence-electron chi connectivity index (χ4n) is 2.64. The highest BCUT2D eigenvalue weighted by atomic mass is 35.5. The molecule has 0 unspecified atom stereocenters. The second-order valence-electron chi connectivity index (χ2n) is 5.12.